The Morgan fingerprint density at radius 1 is 1.41 bits per heavy atom. The minimum absolute atomic E-state index is 0.116. The Balaban J connectivity index is 2.42. The molecule has 17 heavy (non-hydrogen) atoms. The van der Waals surface area contributed by atoms with Gasteiger partial charge in [0.05, 0.1) is 6.61 Å². The number of rotatable bonds is 6. The summed E-state index contributed by atoms with van der Waals surface area (Å²) in [7, 11) is 0. The van der Waals surface area contributed by atoms with Crippen molar-refractivity contribution in [2.45, 2.75) is 58.5 Å². The Labute approximate surface area is 107 Å². The summed E-state index contributed by atoms with van der Waals surface area (Å²) < 4.78 is 0. The molecule has 1 aliphatic heterocycles. The molecule has 0 aromatic rings. The van der Waals surface area contributed by atoms with E-state index >= 15 is 0 Å². The van der Waals surface area contributed by atoms with Crippen molar-refractivity contribution in [3.05, 3.63) is 0 Å². The van der Waals surface area contributed by atoms with Crippen LogP contribution in [-0.2, 0) is 0 Å². The maximum absolute atomic E-state index is 9.48. The average molecular weight is 242 g/mol. The van der Waals surface area contributed by atoms with Crippen molar-refractivity contribution in [2.75, 3.05) is 26.2 Å². The van der Waals surface area contributed by atoms with Gasteiger partial charge in [-0.15, -0.1) is 0 Å². The number of aliphatic hydroxyl groups is 1. The van der Waals surface area contributed by atoms with E-state index in [-0.39, 0.29) is 12.1 Å². The first-order valence-corrected chi connectivity index (χ1v) is 7.12. The van der Waals surface area contributed by atoms with E-state index in [1.165, 1.54) is 19.4 Å². The van der Waals surface area contributed by atoms with Crippen LogP contribution in [0.15, 0.2) is 0 Å². The average Bonchev–Trinajstić information content (AvgIpc) is 2.31. The number of piperidine rings is 1. The zero-order valence-corrected chi connectivity index (χ0v) is 12.0. The molecule has 0 aromatic carbocycles. The first kappa shape index (κ1) is 14.9. The summed E-state index contributed by atoms with van der Waals surface area (Å²) >= 11 is 0. The summed E-state index contributed by atoms with van der Waals surface area (Å²) in [5.41, 5.74) is -0.116. The zero-order chi connectivity index (χ0) is 12.9. The second-order valence-corrected chi connectivity index (χ2v) is 5.90. The summed E-state index contributed by atoms with van der Waals surface area (Å²) in [5, 5.41) is 12.9. The number of aliphatic hydroxyl groups excluding tert-OH is 1. The molecule has 3 atom stereocenters. The van der Waals surface area contributed by atoms with Gasteiger partial charge in [0.1, 0.15) is 0 Å². The Hall–Kier alpha value is -0.120. The van der Waals surface area contributed by atoms with E-state index in [4.69, 9.17) is 0 Å². The van der Waals surface area contributed by atoms with Gasteiger partial charge < -0.3 is 15.3 Å². The van der Waals surface area contributed by atoms with E-state index in [0.717, 1.165) is 25.4 Å². The highest BCUT2D eigenvalue weighted by Crippen LogP contribution is 2.23. The lowest BCUT2D eigenvalue weighted by molar-refractivity contribution is 0.0880. The lowest BCUT2D eigenvalue weighted by Crippen LogP contribution is -2.50. The fourth-order valence-electron chi connectivity index (χ4n) is 2.78. The number of likely N-dealkylation sites (tertiary alicyclic amines) is 1. The van der Waals surface area contributed by atoms with Crippen molar-refractivity contribution >= 4 is 0 Å². The van der Waals surface area contributed by atoms with E-state index in [1.807, 2.05) is 0 Å². The summed E-state index contributed by atoms with van der Waals surface area (Å²) in [6.45, 7) is 12.4. The van der Waals surface area contributed by atoms with Crippen molar-refractivity contribution in [3.8, 4) is 0 Å². The van der Waals surface area contributed by atoms with Crippen LogP contribution in [0, 0.1) is 5.92 Å². The molecule has 0 amide bonds. The van der Waals surface area contributed by atoms with Gasteiger partial charge in [0.25, 0.3) is 0 Å². The predicted octanol–water partition coefficient (Wildman–Crippen LogP) is 1.86. The second kappa shape index (κ2) is 6.72. The lowest BCUT2D eigenvalue weighted by atomic mass is 9.90. The molecule has 102 valence electrons. The predicted molar refractivity (Wildman–Crippen MR) is 73.2 cm³/mol. The number of likely N-dealkylation sites (N-methyl/N-ethyl adjacent to an activating group) is 1. The van der Waals surface area contributed by atoms with E-state index in [2.05, 4.69) is 37.9 Å². The Kier molecular flexibility index (Phi) is 5.90. The van der Waals surface area contributed by atoms with Crippen molar-refractivity contribution in [2.24, 2.45) is 5.92 Å². The summed E-state index contributed by atoms with van der Waals surface area (Å²) in [4.78, 5) is 2.58. The molecule has 3 heteroatoms. The number of nitrogens with one attached hydrogen (secondary N) is 1. The normalized spacial score (nSPS) is 30.2. The highest BCUT2D eigenvalue weighted by atomic mass is 16.3. The molecule has 2 N–H and O–H groups in total. The van der Waals surface area contributed by atoms with E-state index < -0.39 is 0 Å². The van der Waals surface area contributed by atoms with Gasteiger partial charge in [0.15, 0.2) is 0 Å². The van der Waals surface area contributed by atoms with Crippen LogP contribution in [0.1, 0.15) is 47.0 Å². The molecule has 1 rings (SSSR count). The van der Waals surface area contributed by atoms with Crippen molar-refractivity contribution in [1.82, 2.24) is 10.2 Å². The van der Waals surface area contributed by atoms with Crippen LogP contribution >= 0.6 is 0 Å². The molecule has 0 aliphatic carbocycles. The topological polar surface area (TPSA) is 35.5 Å². The molecule has 1 saturated heterocycles. The third-order valence-electron chi connectivity index (χ3n) is 4.41. The third-order valence-corrected chi connectivity index (χ3v) is 4.41. The van der Waals surface area contributed by atoms with Crippen molar-refractivity contribution in [1.29, 1.82) is 0 Å². The summed E-state index contributed by atoms with van der Waals surface area (Å²) in [6.07, 6.45) is 3.71. The van der Waals surface area contributed by atoms with Crippen LogP contribution in [-0.4, -0.2) is 47.8 Å². The fraction of sp³-hybridized carbons (Fsp3) is 1.00. The number of hydrogen-bond donors (Lipinski definition) is 2. The first-order valence-electron chi connectivity index (χ1n) is 7.12. The van der Waals surface area contributed by atoms with Gasteiger partial charge in [-0.05, 0) is 52.1 Å². The minimum atomic E-state index is -0.116. The molecular weight excluding hydrogens is 212 g/mol. The molecule has 0 radical (unpaired) electrons. The second-order valence-electron chi connectivity index (χ2n) is 5.90. The largest absolute Gasteiger partial charge is 0.394 e. The maximum Gasteiger partial charge on any atom is 0.0611 e. The minimum Gasteiger partial charge on any atom is -0.394 e. The van der Waals surface area contributed by atoms with Crippen LogP contribution in [0.25, 0.3) is 0 Å². The summed E-state index contributed by atoms with van der Waals surface area (Å²) in [5.74, 6) is 0.809. The smallest absolute Gasteiger partial charge is 0.0611 e. The van der Waals surface area contributed by atoms with Gasteiger partial charge in [-0.3, -0.25) is 0 Å². The van der Waals surface area contributed by atoms with Gasteiger partial charge in [0.2, 0.25) is 0 Å². The lowest BCUT2D eigenvalue weighted by Gasteiger charge is -2.40. The number of hydrogen-bond acceptors (Lipinski definition) is 3. The van der Waals surface area contributed by atoms with Crippen LogP contribution in [0.5, 0.6) is 0 Å². The fourth-order valence-corrected chi connectivity index (χ4v) is 2.78. The van der Waals surface area contributed by atoms with Gasteiger partial charge in [0, 0.05) is 18.1 Å². The van der Waals surface area contributed by atoms with Crippen LogP contribution < -0.4 is 5.32 Å². The monoisotopic (exact) mass is 242 g/mol. The van der Waals surface area contributed by atoms with Crippen LogP contribution in [0.4, 0.5) is 0 Å². The Morgan fingerprint density at radius 2 is 2.12 bits per heavy atom. The van der Waals surface area contributed by atoms with Crippen LogP contribution in [0.2, 0.25) is 0 Å². The SMILES string of the molecule is CCNC(C)(CO)CCN1CCCC(C)C1C. The first-order chi connectivity index (χ1) is 8.02. The molecule has 0 spiro atoms. The van der Waals surface area contributed by atoms with Gasteiger partial charge in [-0.25, -0.2) is 0 Å². The molecule has 1 heterocycles. The molecule has 1 fully saturated rings. The molecule has 0 bridgehead atoms. The highest BCUT2D eigenvalue weighted by molar-refractivity contribution is 4.85. The molecule has 0 saturated carbocycles. The van der Waals surface area contributed by atoms with E-state index in [0.29, 0.717) is 6.04 Å². The van der Waals surface area contributed by atoms with Gasteiger partial charge in [-0.1, -0.05) is 13.8 Å². The van der Waals surface area contributed by atoms with E-state index in [9.17, 15) is 5.11 Å². The Morgan fingerprint density at radius 3 is 2.71 bits per heavy atom. The molecule has 3 nitrogen and oxygen atoms in total. The van der Waals surface area contributed by atoms with Crippen molar-refractivity contribution in [3.63, 3.8) is 0 Å². The molecule has 3 unspecified atom stereocenters. The zero-order valence-electron chi connectivity index (χ0n) is 12.0. The standard InChI is InChI=1S/C14H30N2O/c1-5-15-14(4,11-17)8-10-16-9-6-7-12(2)13(16)3/h12-13,15,17H,5-11H2,1-4H3. The van der Waals surface area contributed by atoms with Gasteiger partial charge in [-0.2, -0.15) is 0 Å². The third kappa shape index (κ3) is 4.23. The number of nitrogens with zero attached hydrogens (tertiary/aromatic N) is 1. The maximum atomic E-state index is 9.48. The van der Waals surface area contributed by atoms with Crippen molar-refractivity contribution < 1.29 is 5.11 Å². The highest BCUT2D eigenvalue weighted by Gasteiger charge is 2.28. The molecule has 1 aliphatic rings. The van der Waals surface area contributed by atoms with E-state index in [1.54, 1.807) is 0 Å². The van der Waals surface area contributed by atoms with Gasteiger partial charge >= 0.3 is 0 Å². The molecule has 0 aromatic heterocycles. The summed E-state index contributed by atoms with van der Waals surface area (Å²) in [6, 6.07) is 0.688. The Bertz CT molecular complexity index is 222. The molecular formula is C14H30N2O. The quantitative estimate of drug-likeness (QED) is 0.746. The van der Waals surface area contributed by atoms with Crippen LogP contribution in [0.3, 0.4) is 0 Å².